The van der Waals surface area contributed by atoms with E-state index in [-0.39, 0.29) is 17.6 Å². The molecule has 0 bridgehead atoms. The van der Waals surface area contributed by atoms with Gasteiger partial charge in [-0.2, -0.15) is 0 Å². The van der Waals surface area contributed by atoms with Crippen LogP contribution in [0.2, 0.25) is 0 Å². The number of nitrogens with one attached hydrogen (secondary N) is 1. The van der Waals surface area contributed by atoms with Crippen LogP contribution in [0.15, 0.2) is 36.1 Å². The Balaban J connectivity index is 0.000000366. The Bertz CT molecular complexity index is 857. The molecule has 0 amide bonds. The van der Waals surface area contributed by atoms with Crippen LogP contribution in [0.1, 0.15) is 77.6 Å². The highest BCUT2D eigenvalue weighted by Gasteiger charge is 2.32. The highest BCUT2D eigenvalue weighted by Crippen LogP contribution is 2.33. The molecule has 1 aromatic heterocycles. The molecule has 2 atom stereocenters. The van der Waals surface area contributed by atoms with Crippen molar-refractivity contribution in [2.75, 3.05) is 13.7 Å². The van der Waals surface area contributed by atoms with E-state index in [1.54, 1.807) is 0 Å². The van der Waals surface area contributed by atoms with Crippen LogP contribution in [0.4, 0.5) is 4.39 Å². The number of ketones is 1. The molecular weight excluding hydrogens is 417 g/mol. The molecule has 0 saturated carbocycles. The molecule has 0 fully saturated rings. The summed E-state index contributed by atoms with van der Waals surface area (Å²) in [5.41, 5.74) is 3.60. The highest BCUT2D eigenvalue weighted by molar-refractivity contribution is 6.02. The number of alkyl halides is 1. The molecule has 5 nitrogen and oxygen atoms in total. The van der Waals surface area contributed by atoms with Crippen molar-refractivity contribution in [3.63, 3.8) is 0 Å². The molecule has 1 heterocycles. The summed E-state index contributed by atoms with van der Waals surface area (Å²) in [5, 5.41) is 12.2. The second-order valence-corrected chi connectivity index (χ2v) is 9.98. The first kappa shape index (κ1) is 28.7. The van der Waals surface area contributed by atoms with Gasteiger partial charge in [-0.1, -0.05) is 46.4 Å². The zero-order chi connectivity index (χ0) is 25.2. The molecule has 0 spiro atoms. The van der Waals surface area contributed by atoms with Gasteiger partial charge in [-0.25, -0.2) is 4.39 Å². The number of aliphatic imine (C=N–C) groups is 1. The summed E-state index contributed by atoms with van der Waals surface area (Å²) < 4.78 is 12.4. The summed E-state index contributed by atoms with van der Waals surface area (Å²) in [4.78, 5) is 20.0. The largest absolute Gasteiger partial charge is 0.385 e. The number of nitrogens with zero attached hydrogens (tertiary/aromatic N) is 2. The molecule has 0 radical (unpaired) electrons. The average Bonchev–Trinajstić information content (AvgIpc) is 2.77. The van der Waals surface area contributed by atoms with Crippen LogP contribution >= 0.6 is 0 Å². The predicted molar refractivity (Wildman–Crippen MR) is 136 cm³/mol. The number of carbonyl (C=O) groups is 1. The first-order valence-electron chi connectivity index (χ1n) is 11.6. The van der Waals surface area contributed by atoms with Gasteiger partial charge in [0.15, 0.2) is 0 Å². The number of aliphatic hydroxyl groups is 1. The second-order valence-electron chi connectivity index (χ2n) is 9.98. The van der Waals surface area contributed by atoms with Gasteiger partial charge >= 0.3 is 0 Å². The molecule has 1 aromatic rings. The standard InChI is InChI=1S/C18H26N2.C9H16FNO2/c1-13(2)18(3,4)12-16(19-5)17-15-9-7-6-8-14(15)10-11-20-17;1-4-11-8(5-7(2)12)9(3,13)6-10/h7,9-11,13H,6,8,12H2,1-5H3;4,8,11,13H,1,5-6H2,2-3H3. The molecule has 2 rings (SSSR count). The van der Waals surface area contributed by atoms with Gasteiger partial charge in [0.05, 0.1) is 17.4 Å². The van der Waals surface area contributed by atoms with Gasteiger partial charge in [0.2, 0.25) is 0 Å². The maximum atomic E-state index is 12.4. The molecule has 33 heavy (non-hydrogen) atoms. The van der Waals surface area contributed by atoms with E-state index in [4.69, 9.17) is 0 Å². The summed E-state index contributed by atoms with van der Waals surface area (Å²) in [6.07, 6.45) is 11.0. The average molecular weight is 460 g/mol. The van der Waals surface area contributed by atoms with Crippen molar-refractivity contribution in [2.45, 2.75) is 78.9 Å². The third kappa shape index (κ3) is 8.50. The highest BCUT2D eigenvalue weighted by atomic mass is 19.1. The summed E-state index contributed by atoms with van der Waals surface area (Å²) in [6.45, 7) is 14.4. The summed E-state index contributed by atoms with van der Waals surface area (Å²) in [7, 11) is 1.89. The summed E-state index contributed by atoms with van der Waals surface area (Å²) >= 11 is 0. The predicted octanol–water partition coefficient (Wildman–Crippen LogP) is 5.32. The van der Waals surface area contributed by atoms with E-state index in [2.05, 4.69) is 67.8 Å². The van der Waals surface area contributed by atoms with E-state index >= 15 is 0 Å². The van der Waals surface area contributed by atoms with E-state index in [1.807, 2.05) is 13.2 Å². The molecule has 0 aliphatic heterocycles. The number of aromatic nitrogens is 1. The quantitative estimate of drug-likeness (QED) is 0.464. The monoisotopic (exact) mass is 459 g/mol. The zero-order valence-electron chi connectivity index (χ0n) is 21.4. The van der Waals surface area contributed by atoms with Crippen LogP contribution in [0.5, 0.6) is 0 Å². The van der Waals surface area contributed by atoms with Crippen molar-refractivity contribution < 1.29 is 14.3 Å². The van der Waals surface area contributed by atoms with E-state index in [0.29, 0.717) is 5.92 Å². The van der Waals surface area contributed by atoms with Gasteiger partial charge in [-0.3, -0.25) is 14.8 Å². The number of pyridine rings is 1. The Morgan fingerprint density at radius 2 is 2.06 bits per heavy atom. The van der Waals surface area contributed by atoms with E-state index in [0.717, 1.165) is 30.7 Å². The van der Waals surface area contributed by atoms with E-state index in [9.17, 15) is 14.3 Å². The fourth-order valence-corrected chi connectivity index (χ4v) is 3.47. The number of fused-ring (bicyclic) bond motifs is 1. The number of Topliss-reactive ketones (excluding diaryl/α,β-unsaturated/α-hetero) is 1. The molecule has 2 N–H and O–H groups in total. The molecular formula is C27H42FN3O2. The second kappa shape index (κ2) is 12.8. The number of hydrogen-bond acceptors (Lipinski definition) is 5. The Morgan fingerprint density at radius 1 is 1.39 bits per heavy atom. The first-order chi connectivity index (χ1) is 15.4. The summed E-state index contributed by atoms with van der Waals surface area (Å²) in [6, 6.07) is 1.52. The third-order valence-corrected chi connectivity index (χ3v) is 6.51. The zero-order valence-corrected chi connectivity index (χ0v) is 21.4. The molecule has 2 unspecified atom stereocenters. The normalized spacial score (nSPS) is 16.2. The Morgan fingerprint density at radius 3 is 2.58 bits per heavy atom. The van der Waals surface area contributed by atoms with Crippen molar-refractivity contribution in [2.24, 2.45) is 16.3 Å². The van der Waals surface area contributed by atoms with Crippen molar-refractivity contribution in [3.05, 3.63) is 47.9 Å². The Labute approximate surface area is 199 Å². The van der Waals surface area contributed by atoms with Gasteiger partial charge in [0, 0.05) is 25.2 Å². The smallest absolute Gasteiger partial charge is 0.131 e. The lowest BCUT2D eigenvalue weighted by molar-refractivity contribution is -0.119. The molecule has 1 aliphatic carbocycles. The number of allylic oxidation sites excluding steroid dienone is 1. The number of carbonyl (C=O) groups excluding carboxylic acids is 1. The van der Waals surface area contributed by atoms with Crippen LogP contribution in [0.25, 0.3) is 6.08 Å². The molecule has 184 valence electrons. The lowest BCUT2D eigenvalue weighted by atomic mass is 9.76. The first-order valence-corrected chi connectivity index (χ1v) is 11.6. The number of halogens is 1. The van der Waals surface area contributed by atoms with Gasteiger partial charge < -0.3 is 10.4 Å². The molecule has 0 aromatic carbocycles. The molecule has 0 saturated heterocycles. The molecule has 6 heteroatoms. The number of rotatable bonds is 10. The Kier molecular flexibility index (Phi) is 11.1. The summed E-state index contributed by atoms with van der Waals surface area (Å²) in [5.74, 6) is 0.516. The van der Waals surface area contributed by atoms with Crippen molar-refractivity contribution in [1.29, 1.82) is 0 Å². The lowest BCUT2D eigenvalue weighted by Gasteiger charge is -2.30. The van der Waals surface area contributed by atoms with E-state index in [1.165, 1.54) is 31.2 Å². The van der Waals surface area contributed by atoms with Gasteiger partial charge in [-0.05, 0) is 62.3 Å². The van der Waals surface area contributed by atoms with Gasteiger partial charge in [0.25, 0.3) is 0 Å². The lowest BCUT2D eigenvalue weighted by Crippen LogP contribution is -2.49. The van der Waals surface area contributed by atoms with Crippen LogP contribution in [-0.2, 0) is 11.2 Å². The van der Waals surface area contributed by atoms with Gasteiger partial charge in [0.1, 0.15) is 18.1 Å². The third-order valence-electron chi connectivity index (χ3n) is 6.51. The van der Waals surface area contributed by atoms with Crippen LogP contribution in [0, 0.1) is 11.3 Å². The minimum Gasteiger partial charge on any atom is -0.385 e. The fraction of sp³-hybridized carbons (Fsp3) is 0.593. The minimum atomic E-state index is -1.53. The maximum absolute atomic E-state index is 12.4. The maximum Gasteiger partial charge on any atom is 0.131 e. The molecule has 1 aliphatic rings. The van der Waals surface area contributed by atoms with Crippen LogP contribution in [-0.4, -0.2) is 47.0 Å². The van der Waals surface area contributed by atoms with Crippen molar-refractivity contribution in [3.8, 4) is 0 Å². The van der Waals surface area contributed by atoms with Gasteiger partial charge in [-0.15, -0.1) is 0 Å². The Hall–Kier alpha value is -2.34. The van der Waals surface area contributed by atoms with E-state index < -0.39 is 18.3 Å². The minimum absolute atomic E-state index is 0.0862. The SMILES string of the molecule is C=CNC(CC(C)=O)C(C)(O)CF.CN=C(CC(C)(C)C(C)C)c1nccc2c1C=CCC2. The number of hydrogen-bond donors (Lipinski definition) is 2. The van der Waals surface area contributed by atoms with Crippen LogP contribution in [0.3, 0.4) is 0 Å². The van der Waals surface area contributed by atoms with Crippen molar-refractivity contribution in [1.82, 2.24) is 10.3 Å². The fourth-order valence-electron chi connectivity index (χ4n) is 3.47. The topological polar surface area (TPSA) is 74.6 Å². The number of aryl methyl sites for hydroxylation is 1. The van der Waals surface area contributed by atoms with Crippen LogP contribution < -0.4 is 5.32 Å². The van der Waals surface area contributed by atoms with Crippen molar-refractivity contribution >= 4 is 17.6 Å².